The molecule has 5 rings (SSSR count). The number of pyridine rings is 1. The van der Waals surface area contributed by atoms with Crippen molar-refractivity contribution >= 4 is 46.1 Å². The summed E-state index contributed by atoms with van der Waals surface area (Å²) in [6.45, 7) is 2.01. The van der Waals surface area contributed by atoms with Crippen molar-refractivity contribution in [3.8, 4) is 11.3 Å². The van der Waals surface area contributed by atoms with Crippen LogP contribution in [0, 0.1) is 6.92 Å². The summed E-state index contributed by atoms with van der Waals surface area (Å²) in [5.41, 5.74) is 9.43. The van der Waals surface area contributed by atoms with E-state index in [2.05, 4.69) is 16.2 Å². The minimum Gasteiger partial charge on any atom is -0.324 e. The number of hydrazine groups is 1. The fraction of sp³-hybridized carbons (Fsp3) is 0.111. The van der Waals surface area contributed by atoms with Crippen LogP contribution in [0.2, 0.25) is 0 Å². The van der Waals surface area contributed by atoms with Crippen LogP contribution in [0.5, 0.6) is 0 Å². The molecule has 3 N–H and O–H groups in total. The second-order valence-corrected chi connectivity index (χ2v) is 9.48. The molecule has 35 heavy (non-hydrogen) atoms. The molecule has 8 heteroatoms. The number of nitrogens with zero attached hydrogens (tertiary/aromatic N) is 1. The number of carbonyl (C=O) groups is 3. The van der Waals surface area contributed by atoms with Crippen LogP contribution in [0.1, 0.15) is 22.3 Å². The molecule has 0 saturated carbocycles. The Morgan fingerprint density at radius 1 is 0.971 bits per heavy atom. The van der Waals surface area contributed by atoms with Gasteiger partial charge in [-0.25, -0.2) is 4.98 Å². The highest BCUT2D eigenvalue weighted by molar-refractivity contribution is 8.01. The average Bonchev–Trinajstić information content (AvgIpc) is 2.87. The summed E-state index contributed by atoms with van der Waals surface area (Å²) in [6.07, 6.45) is -0.0726. The molecule has 0 radical (unpaired) electrons. The van der Waals surface area contributed by atoms with Gasteiger partial charge in [-0.3, -0.25) is 25.2 Å². The van der Waals surface area contributed by atoms with E-state index < -0.39 is 17.1 Å². The summed E-state index contributed by atoms with van der Waals surface area (Å²) in [5, 5.41) is 2.91. The highest BCUT2D eigenvalue weighted by Gasteiger charge is 2.29. The molecule has 3 amide bonds. The fourth-order valence-corrected chi connectivity index (χ4v) is 4.99. The van der Waals surface area contributed by atoms with Crippen LogP contribution in [0.4, 0.5) is 5.69 Å². The molecule has 1 aliphatic rings. The first-order chi connectivity index (χ1) is 17.0. The van der Waals surface area contributed by atoms with Crippen LogP contribution in [0.15, 0.2) is 83.8 Å². The number of aryl methyl sites for hydroxylation is 1. The molecule has 1 aliphatic heterocycles. The minimum absolute atomic E-state index is 0.0726. The number of hydrogen-bond acceptors (Lipinski definition) is 5. The molecule has 0 bridgehead atoms. The first-order valence-corrected chi connectivity index (χ1v) is 12.0. The number of nitrogens with one attached hydrogen (secondary N) is 3. The smallest absolute Gasteiger partial charge is 0.270 e. The Morgan fingerprint density at radius 3 is 2.54 bits per heavy atom. The van der Waals surface area contributed by atoms with Crippen LogP contribution in [0.3, 0.4) is 0 Å². The predicted molar refractivity (Wildman–Crippen MR) is 137 cm³/mol. The van der Waals surface area contributed by atoms with Gasteiger partial charge in [0.1, 0.15) is 0 Å². The highest BCUT2D eigenvalue weighted by Crippen LogP contribution is 2.36. The molecular weight excluding hydrogens is 460 g/mol. The Balaban J connectivity index is 1.31. The molecular formula is C27H22N4O3S. The van der Waals surface area contributed by atoms with Crippen LogP contribution < -0.4 is 16.2 Å². The van der Waals surface area contributed by atoms with Gasteiger partial charge in [-0.1, -0.05) is 60.2 Å². The highest BCUT2D eigenvalue weighted by atomic mass is 32.2. The Bertz CT molecular complexity index is 1450. The van der Waals surface area contributed by atoms with Crippen molar-refractivity contribution in [3.05, 3.63) is 90.0 Å². The van der Waals surface area contributed by atoms with Crippen LogP contribution in [-0.2, 0) is 9.59 Å². The van der Waals surface area contributed by atoms with E-state index in [9.17, 15) is 14.4 Å². The van der Waals surface area contributed by atoms with E-state index in [1.807, 2.05) is 79.7 Å². The normalized spacial score (nSPS) is 14.7. The monoisotopic (exact) mass is 482 g/mol. The number of amides is 3. The van der Waals surface area contributed by atoms with Crippen molar-refractivity contribution < 1.29 is 14.4 Å². The molecule has 0 saturated heterocycles. The number of carbonyl (C=O) groups excluding carboxylic acids is 3. The first-order valence-electron chi connectivity index (χ1n) is 11.1. The van der Waals surface area contributed by atoms with E-state index in [1.54, 1.807) is 6.07 Å². The number of para-hydroxylation sites is 2. The first kappa shape index (κ1) is 22.6. The lowest BCUT2D eigenvalue weighted by atomic mass is 10.0. The molecule has 174 valence electrons. The average molecular weight is 483 g/mol. The second-order valence-electron chi connectivity index (χ2n) is 8.24. The van der Waals surface area contributed by atoms with E-state index in [0.717, 1.165) is 21.7 Å². The van der Waals surface area contributed by atoms with Gasteiger partial charge >= 0.3 is 0 Å². The number of aromatic nitrogens is 1. The van der Waals surface area contributed by atoms with E-state index >= 15 is 0 Å². The van der Waals surface area contributed by atoms with E-state index in [0.29, 0.717) is 22.2 Å². The molecule has 1 aromatic heterocycles. The van der Waals surface area contributed by atoms with Gasteiger partial charge < -0.3 is 5.32 Å². The van der Waals surface area contributed by atoms with Gasteiger partial charge in [0.15, 0.2) is 0 Å². The molecule has 1 atom stereocenters. The van der Waals surface area contributed by atoms with Gasteiger partial charge in [0.25, 0.3) is 5.91 Å². The Morgan fingerprint density at radius 2 is 1.71 bits per heavy atom. The number of benzene rings is 3. The lowest BCUT2D eigenvalue weighted by Crippen LogP contribution is -2.44. The van der Waals surface area contributed by atoms with Gasteiger partial charge in [-0.15, -0.1) is 11.8 Å². The molecule has 0 fully saturated rings. The maximum atomic E-state index is 13.1. The van der Waals surface area contributed by atoms with Gasteiger partial charge in [0, 0.05) is 22.3 Å². The predicted octanol–water partition coefficient (Wildman–Crippen LogP) is 4.47. The Hall–Kier alpha value is -4.17. The summed E-state index contributed by atoms with van der Waals surface area (Å²) < 4.78 is 0. The number of rotatable bonds is 4. The third-order valence-corrected chi connectivity index (χ3v) is 6.98. The largest absolute Gasteiger partial charge is 0.324 e. The molecule has 2 heterocycles. The number of thioether (sulfide) groups is 1. The van der Waals surface area contributed by atoms with Crippen molar-refractivity contribution in [1.82, 2.24) is 15.8 Å². The number of hydrogen-bond donors (Lipinski definition) is 3. The zero-order chi connectivity index (χ0) is 24.4. The molecule has 0 aliphatic carbocycles. The lowest BCUT2D eigenvalue weighted by molar-refractivity contribution is -0.124. The Labute approximate surface area is 206 Å². The third-order valence-electron chi connectivity index (χ3n) is 5.70. The zero-order valence-corrected chi connectivity index (χ0v) is 19.7. The number of anilines is 1. The maximum absolute atomic E-state index is 13.1. The lowest BCUT2D eigenvalue weighted by Gasteiger charge is -2.23. The molecule has 3 aromatic carbocycles. The van der Waals surface area contributed by atoms with Crippen molar-refractivity contribution in [3.63, 3.8) is 0 Å². The summed E-state index contributed by atoms with van der Waals surface area (Å²) in [6, 6.07) is 24.4. The van der Waals surface area contributed by atoms with Crippen molar-refractivity contribution in [1.29, 1.82) is 0 Å². The van der Waals surface area contributed by atoms with E-state index in [4.69, 9.17) is 4.98 Å². The molecule has 0 spiro atoms. The van der Waals surface area contributed by atoms with Crippen LogP contribution in [0.25, 0.3) is 22.2 Å². The summed E-state index contributed by atoms with van der Waals surface area (Å²) >= 11 is 1.33. The Kier molecular flexibility index (Phi) is 6.20. The number of fused-ring (bicyclic) bond motifs is 2. The molecule has 7 nitrogen and oxygen atoms in total. The fourth-order valence-electron chi connectivity index (χ4n) is 3.88. The second kappa shape index (κ2) is 9.60. The molecule has 4 aromatic rings. The van der Waals surface area contributed by atoms with Gasteiger partial charge in [-0.2, -0.15) is 0 Å². The van der Waals surface area contributed by atoms with E-state index in [-0.39, 0.29) is 12.3 Å². The van der Waals surface area contributed by atoms with Crippen LogP contribution >= 0.6 is 11.8 Å². The van der Waals surface area contributed by atoms with Crippen molar-refractivity contribution in [2.45, 2.75) is 23.5 Å². The topological polar surface area (TPSA) is 100 Å². The quantitative estimate of drug-likeness (QED) is 0.373. The maximum Gasteiger partial charge on any atom is 0.270 e. The minimum atomic E-state index is -0.586. The summed E-state index contributed by atoms with van der Waals surface area (Å²) in [4.78, 5) is 43.6. The standard InChI is InChI=1S/C27H22N4O3S/c1-16-10-12-17(13-11-16)22-14-19(18-6-2-3-7-20(18)28-22)26(33)31-30-25(32)15-24-27(34)29-21-8-4-5-9-23(21)35-24/h2-14,24H,15H2,1H3,(H,29,34)(H,30,32)(H,31,33). The summed E-state index contributed by atoms with van der Waals surface area (Å²) in [5.74, 6) is -1.16. The van der Waals surface area contributed by atoms with Gasteiger partial charge in [0.05, 0.1) is 27.7 Å². The zero-order valence-electron chi connectivity index (χ0n) is 18.9. The van der Waals surface area contributed by atoms with Crippen molar-refractivity contribution in [2.75, 3.05) is 5.32 Å². The third kappa shape index (κ3) is 4.88. The summed E-state index contributed by atoms with van der Waals surface area (Å²) in [7, 11) is 0. The van der Waals surface area contributed by atoms with Gasteiger partial charge in [-0.05, 0) is 31.2 Å². The van der Waals surface area contributed by atoms with E-state index in [1.165, 1.54) is 11.8 Å². The van der Waals surface area contributed by atoms with Crippen molar-refractivity contribution in [2.24, 2.45) is 0 Å². The SMILES string of the molecule is Cc1ccc(-c2cc(C(=O)NNC(=O)CC3Sc4ccccc4NC3=O)c3ccccc3n2)cc1. The van der Waals surface area contributed by atoms with Crippen LogP contribution in [-0.4, -0.2) is 28.0 Å². The van der Waals surface area contributed by atoms with Gasteiger partial charge in [0.2, 0.25) is 11.8 Å². The molecule has 1 unspecified atom stereocenters.